The largest absolute Gasteiger partial charge is 0.403 e. The molecular weight excluding hydrogens is 286 g/mol. The zero-order valence-corrected chi connectivity index (χ0v) is 14.5. The molecule has 0 saturated carbocycles. The fourth-order valence-electron chi connectivity index (χ4n) is 3.22. The Morgan fingerprint density at radius 2 is 1.87 bits per heavy atom. The molecule has 0 radical (unpaired) electrons. The van der Waals surface area contributed by atoms with Gasteiger partial charge in [0.25, 0.3) is 0 Å². The van der Waals surface area contributed by atoms with Gasteiger partial charge in [0.2, 0.25) is 0 Å². The Balaban J connectivity index is 0.000000433. The number of likely N-dealkylation sites (N-methyl/N-ethyl adjacent to an activating group) is 1. The highest BCUT2D eigenvalue weighted by atomic mass is 15.2. The van der Waals surface area contributed by atoms with Crippen molar-refractivity contribution in [2.24, 2.45) is 5.73 Å². The molecule has 3 heterocycles. The van der Waals surface area contributed by atoms with Crippen LogP contribution in [0.1, 0.15) is 26.2 Å². The van der Waals surface area contributed by atoms with Crippen molar-refractivity contribution in [3.05, 3.63) is 36.7 Å². The lowest BCUT2D eigenvalue weighted by molar-refractivity contribution is 0.349. The molecule has 0 aromatic carbocycles. The highest BCUT2D eigenvalue weighted by Crippen LogP contribution is 2.18. The molecule has 5 heteroatoms. The predicted octanol–water partition coefficient (Wildman–Crippen LogP) is 1.82. The van der Waals surface area contributed by atoms with Gasteiger partial charge in [-0.05, 0) is 57.6 Å². The molecule has 3 N–H and O–H groups in total. The van der Waals surface area contributed by atoms with Gasteiger partial charge in [-0.25, -0.2) is 4.98 Å². The topological polar surface area (TPSA) is 57.4 Å². The van der Waals surface area contributed by atoms with E-state index in [-0.39, 0.29) is 0 Å². The van der Waals surface area contributed by atoms with Gasteiger partial charge < -0.3 is 20.9 Å². The van der Waals surface area contributed by atoms with Crippen LogP contribution in [-0.2, 0) is 0 Å². The lowest BCUT2D eigenvalue weighted by Crippen LogP contribution is -2.47. The summed E-state index contributed by atoms with van der Waals surface area (Å²) in [6, 6.07) is 7.56. The molecule has 1 unspecified atom stereocenters. The van der Waals surface area contributed by atoms with Crippen LogP contribution < -0.4 is 16.0 Å². The first-order chi connectivity index (χ1) is 11.0. The molecule has 1 aromatic rings. The second-order valence-corrected chi connectivity index (χ2v) is 6.71. The van der Waals surface area contributed by atoms with E-state index in [0.717, 1.165) is 18.9 Å². The van der Waals surface area contributed by atoms with Crippen molar-refractivity contribution in [1.29, 1.82) is 0 Å². The number of hydrogen-bond donors (Lipinski definition) is 2. The second kappa shape index (κ2) is 8.89. The number of anilines is 1. The number of rotatable bonds is 3. The molecule has 128 valence electrons. The van der Waals surface area contributed by atoms with Crippen LogP contribution in [0, 0.1) is 0 Å². The van der Waals surface area contributed by atoms with Crippen molar-refractivity contribution in [2.75, 3.05) is 38.1 Å². The zero-order chi connectivity index (χ0) is 16.7. The second-order valence-electron chi connectivity index (χ2n) is 6.71. The third-order valence-electron chi connectivity index (χ3n) is 4.33. The fraction of sp³-hybridized carbons (Fsp3) is 0.611. The quantitative estimate of drug-likeness (QED) is 0.891. The van der Waals surface area contributed by atoms with Gasteiger partial charge in [-0.1, -0.05) is 12.6 Å². The lowest BCUT2D eigenvalue weighted by Gasteiger charge is -2.34. The summed E-state index contributed by atoms with van der Waals surface area (Å²) >= 11 is 0. The number of nitrogens with two attached hydrogens (primary N) is 1. The molecule has 2 aliphatic heterocycles. The van der Waals surface area contributed by atoms with Crippen LogP contribution in [0.25, 0.3) is 0 Å². The summed E-state index contributed by atoms with van der Waals surface area (Å²) in [7, 11) is 2.21. The molecule has 0 aliphatic carbocycles. The van der Waals surface area contributed by atoms with E-state index >= 15 is 0 Å². The van der Waals surface area contributed by atoms with E-state index in [1.165, 1.54) is 32.4 Å². The Kier molecular flexibility index (Phi) is 6.86. The van der Waals surface area contributed by atoms with Gasteiger partial charge >= 0.3 is 0 Å². The molecule has 0 bridgehead atoms. The van der Waals surface area contributed by atoms with Crippen LogP contribution in [0.4, 0.5) is 5.82 Å². The van der Waals surface area contributed by atoms with E-state index in [0.29, 0.717) is 17.8 Å². The maximum absolute atomic E-state index is 4.92. The molecule has 1 atom stereocenters. The Labute approximate surface area is 140 Å². The molecule has 2 saturated heterocycles. The maximum atomic E-state index is 4.92. The van der Waals surface area contributed by atoms with Gasteiger partial charge in [0.05, 0.1) is 0 Å². The molecule has 0 spiro atoms. The number of nitrogens with one attached hydrogen (secondary N) is 1. The van der Waals surface area contributed by atoms with Gasteiger partial charge in [-0.3, -0.25) is 0 Å². The summed E-state index contributed by atoms with van der Waals surface area (Å²) in [6.07, 6.45) is 5.65. The average Bonchev–Trinajstić information content (AvgIpc) is 2.93. The molecule has 23 heavy (non-hydrogen) atoms. The average molecular weight is 317 g/mol. The normalized spacial score (nSPS) is 22.5. The molecule has 0 amide bonds. The van der Waals surface area contributed by atoms with Crippen LogP contribution in [0.3, 0.4) is 0 Å². The highest BCUT2D eigenvalue weighted by molar-refractivity contribution is 5.38. The number of pyridine rings is 1. The van der Waals surface area contributed by atoms with Crippen LogP contribution in [0.2, 0.25) is 0 Å². The number of allylic oxidation sites excluding steroid dienone is 1. The first-order valence-corrected chi connectivity index (χ1v) is 8.56. The van der Waals surface area contributed by atoms with Crippen LogP contribution in [0.15, 0.2) is 36.7 Å². The minimum Gasteiger partial charge on any atom is -0.403 e. The standard InChI is InChI=1S/C15H24N4.C3H7N/c1-18-9-5-14(12-18)17-13-6-10-19(11-7-13)15-4-2-3-8-16-15;1-3(2)4/h2-4,8,13-14,17H,5-7,9-12H2,1H3;1,4H2,2H3. The first-order valence-electron chi connectivity index (χ1n) is 8.56. The molecule has 2 fully saturated rings. The molecule has 2 aliphatic rings. The number of nitrogens with zero attached hydrogens (tertiary/aromatic N) is 3. The van der Waals surface area contributed by atoms with Gasteiger partial charge in [-0.2, -0.15) is 0 Å². The van der Waals surface area contributed by atoms with Gasteiger partial charge in [0.1, 0.15) is 5.82 Å². The fourth-order valence-corrected chi connectivity index (χ4v) is 3.22. The summed E-state index contributed by atoms with van der Waals surface area (Å²) in [6.45, 7) is 9.78. The molecule has 3 rings (SSSR count). The van der Waals surface area contributed by atoms with Gasteiger partial charge in [-0.15, -0.1) is 0 Å². The Bertz CT molecular complexity index is 464. The summed E-state index contributed by atoms with van der Waals surface area (Å²) in [5, 5.41) is 3.83. The third kappa shape index (κ3) is 6.20. The minimum absolute atomic E-state index is 0.667. The Hall–Kier alpha value is -1.59. The van der Waals surface area contributed by atoms with Crippen molar-refractivity contribution >= 4 is 5.82 Å². The van der Waals surface area contributed by atoms with Crippen molar-refractivity contribution in [3.63, 3.8) is 0 Å². The number of likely N-dealkylation sites (tertiary alicyclic amines) is 1. The summed E-state index contributed by atoms with van der Waals surface area (Å²) in [5.74, 6) is 1.13. The van der Waals surface area contributed by atoms with E-state index in [9.17, 15) is 0 Å². The van der Waals surface area contributed by atoms with Crippen LogP contribution >= 0.6 is 0 Å². The molecule has 5 nitrogen and oxygen atoms in total. The van der Waals surface area contributed by atoms with Gasteiger partial charge in [0, 0.05) is 37.9 Å². The monoisotopic (exact) mass is 317 g/mol. The zero-order valence-electron chi connectivity index (χ0n) is 14.5. The predicted molar refractivity (Wildman–Crippen MR) is 97.5 cm³/mol. The number of hydrogen-bond acceptors (Lipinski definition) is 5. The summed E-state index contributed by atoms with van der Waals surface area (Å²) in [4.78, 5) is 9.26. The minimum atomic E-state index is 0.667. The summed E-state index contributed by atoms with van der Waals surface area (Å²) < 4.78 is 0. The maximum Gasteiger partial charge on any atom is 0.128 e. The molecular formula is C18H31N5. The smallest absolute Gasteiger partial charge is 0.128 e. The van der Waals surface area contributed by atoms with Crippen molar-refractivity contribution in [1.82, 2.24) is 15.2 Å². The Morgan fingerprint density at radius 3 is 2.39 bits per heavy atom. The summed E-state index contributed by atoms with van der Waals surface area (Å²) in [5.41, 5.74) is 5.58. The van der Waals surface area contributed by atoms with E-state index in [2.05, 4.69) is 45.9 Å². The van der Waals surface area contributed by atoms with Crippen molar-refractivity contribution in [3.8, 4) is 0 Å². The number of aromatic nitrogens is 1. The Morgan fingerprint density at radius 1 is 1.22 bits per heavy atom. The van der Waals surface area contributed by atoms with E-state index in [1.807, 2.05) is 12.3 Å². The van der Waals surface area contributed by atoms with Crippen LogP contribution in [-0.4, -0.2) is 55.2 Å². The molecule has 1 aromatic heterocycles. The first kappa shape index (κ1) is 17.8. The van der Waals surface area contributed by atoms with Crippen LogP contribution in [0.5, 0.6) is 0 Å². The van der Waals surface area contributed by atoms with E-state index in [1.54, 1.807) is 6.92 Å². The SMILES string of the molecule is C=C(C)N.CN1CCC(NC2CCN(c3ccccn3)CC2)C1. The lowest BCUT2D eigenvalue weighted by atomic mass is 10.0. The van der Waals surface area contributed by atoms with Crippen molar-refractivity contribution in [2.45, 2.75) is 38.3 Å². The highest BCUT2D eigenvalue weighted by Gasteiger charge is 2.25. The van der Waals surface area contributed by atoms with E-state index in [4.69, 9.17) is 5.73 Å². The third-order valence-corrected chi connectivity index (χ3v) is 4.33. The number of piperidine rings is 1. The van der Waals surface area contributed by atoms with E-state index < -0.39 is 0 Å². The van der Waals surface area contributed by atoms with Gasteiger partial charge in [0.15, 0.2) is 0 Å². The van der Waals surface area contributed by atoms with Crippen molar-refractivity contribution < 1.29 is 0 Å².